The number of urea groups is 1. The minimum atomic E-state index is -1.53. The number of rotatable bonds is 8. The summed E-state index contributed by atoms with van der Waals surface area (Å²) in [6, 6.07) is 13.6. The van der Waals surface area contributed by atoms with Gasteiger partial charge in [0.2, 0.25) is 0 Å². The zero-order valence-electron chi connectivity index (χ0n) is 21.5. The van der Waals surface area contributed by atoms with Crippen LogP contribution in [0.15, 0.2) is 66.7 Å². The molecular formula is C27H22Cl3N5O7. The maximum Gasteiger partial charge on any atom is 0.323 e. The minimum absolute atomic E-state index is 0.0550. The molecule has 0 spiro atoms. The molecule has 218 valence electrons. The molecule has 0 aliphatic carbocycles. The Kier molecular flexibility index (Phi) is 9.51. The lowest BCUT2D eigenvalue weighted by molar-refractivity contribution is -0.384. The van der Waals surface area contributed by atoms with E-state index in [1.807, 2.05) is 0 Å². The van der Waals surface area contributed by atoms with Gasteiger partial charge in [-0.3, -0.25) is 29.4 Å². The summed E-state index contributed by atoms with van der Waals surface area (Å²) in [6.07, 6.45) is -2.16. The van der Waals surface area contributed by atoms with Crippen molar-refractivity contribution in [2.45, 2.75) is 18.6 Å². The van der Waals surface area contributed by atoms with E-state index in [4.69, 9.17) is 34.8 Å². The van der Waals surface area contributed by atoms with E-state index in [2.05, 4.69) is 10.6 Å². The Labute approximate surface area is 253 Å². The standard InChI is InChI=1S/C27H22Cl3N5O7/c28-17-4-2-5-18(13-17)31-27(40)34-10-9-33(26(39)16-7-8-20(29)21(30)12-16)25(34)24(38)32-22(14-23(36)37)15-3-1-6-19(11-15)35(41)42/h1-8,11-13,22,25H,9-10,14H2,(H,31,40)(H,32,38)(H,36,37). The smallest absolute Gasteiger partial charge is 0.323 e. The van der Waals surface area contributed by atoms with E-state index in [1.54, 1.807) is 18.2 Å². The fourth-order valence-electron chi connectivity index (χ4n) is 4.42. The molecule has 0 aromatic heterocycles. The number of anilines is 1. The number of nitro groups is 1. The third-order valence-corrected chi connectivity index (χ3v) is 7.32. The number of hydrogen-bond acceptors (Lipinski definition) is 6. The number of carbonyl (C=O) groups excluding carboxylic acids is 3. The van der Waals surface area contributed by atoms with Gasteiger partial charge in [0, 0.05) is 41.5 Å². The molecule has 4 rings (SSSR count). The molecular weight excluding hydrogens is 613 g/mol. The molecule has 1 aliphatic heterocycles. The molecule has 12 nitrogen and oxygen atoms in total. The van der Waals surface area contributed by atoms with Crippen molar-refractivity contribution in [3.05, 3.63) is 103 Å². The first-order chi connectivity index (χ1) is 19.9. The highest BCUT2D eigenvalue weighted by atomic mass is 35.5. The van der Waals surface area contributed by atoms with Crippen LogP contribution in [0.3, 0.4) is 0 Å². The normalized spacial score (nSPS) is 15.2. The zero-order valence-corrected chi connectivity index (χ0v) is 23.8. The molecule has 2 unspecified atom stereocenters. The number of halogens is 3. The van der Waals surface area contributed by atoms with Gasteiger partial charge < -0.3 is 20.6 Å². The van der Waals surface area contributed by atoms with Crippen LogP contribution in [-0.4, -0.2) is 62.9 Å². The lowest BCUT2D eigenvalue weighted by Gasteiger charge is -2.31. The number of carboxylic acids is 1. The average Bonchev–Trinajstić information content (AvgIpc) is 3.39. The first kappa shape index (κ1) is 30.6. The summed E-state index contributed by atoms with van der Waals surface area (Å²) >= 11 is 18.1. The molecule has 3 N–H and O–H groups in total. The van der Waals surface area contributed by atoms with Gasteiger partial charge in [-0.25, -0.2) is 4.79 Å². The number of benzene rings is 3. The third-order valence-electron chi connectivity index (χ3n) is 6.35. The summed E-state index contributed by atoms with van der Waals surface area (Å²) in [7, 11) is 0. The van der Waals surface area contributed by atoms with E-state index >= 15 is 0 Å². The number of nitro benzene ring substituents is 1. The summed E-state index contributed by atoms with van der Waals surface area (Å²) in [6.45, 7) is -0.113. The Bertz CT molecular complexity index is 1570. The molecule has 3 aromatic rings. The Hall–Kier alpha value is -4.39. The van der Waals surface area contributed by atoms with E-state index in [0.29, 0.717) is 10.7 Å². The Morgan fingerprint density at radius 1 is 0.952 bits per heavy atom. The summed E-state index contributed by atoms with van der Waals surface area (Å²) in [5.74, 6) is -2.82. The summed E-state index contributed by atoms with van der Waals surface area (Å²) in [5.41, 5.74) is 0.272. The number of carbonyl (C=O) groups is 4. The van der Waals surface area contributed by atoms with Crippen molar-refractivity contribution in [1.82, 2.24) is 15.1 Å². The van der Waals surface area contributed by atoms with Crippen molar-refractivity contribution in [3.63, 3.8) is 0 Å². The number of hydrogen-bond donors (Lipinski definition) is 3. The van der Waals surface area contributed by atoms with E-state index in [1.165, 1.54) is 42.5 Å². The van der Waals surface area contributed by atoms with E-state index in [0.717, 1.165) is 15.9 Å². The topological polar surface area (TPSA) is 162 Å². The first-order valence-electron chi connectivity index (χ1n) is 12.3. The van der Waals surface area contributed by atoms with Crippen molar-refractivity contribution in [2.24, 2.45) is 0 Å². The lowest BCUT2D eigenvalue weighted by Crippen LogP contribution is -2.55. The van der Waals surface area contributed by atoms with Crippen molar-refractivity contribution in [3.8, 4) is 0 Å². The van der Waals surface area contributed by atoms with Crippen LogP contribution in [-0.2, 0) is 9.59 Å². The van der Waals surface area contributed by atoms with Crippen LogP contribution in [0, 0.1) is 10.1 Å². The summed E-state index contributed by atoms with van der Waals surface area (Å²) in [4.78, 5) is 65.2. The molecule has 2 atom stereocenters. The Morgan fingerprint density at radius 2 is 1.67 bits per heavy atom. The molecule has 1 heterocycles. The van der Waals surface area contributed by atoms with Crippen LogP contribution in [0.25, 0.3) is 0 Å². The van der Waals surface area contributed by atoms with E-state index in [9.17, 15) is 34.4 Å². The van der Waals surface area contributed by atoms with Gasteiger partial charge in [-0.2, -0.15) is 0 Å². The molecule has 4 amide bonds. The fraction of sp³-hybridized carbons (Fsp3) is 0.185. The molecule has 15 heteroatoms. The largest absolute Gasteiger partial charge is 0.481 e. The van der Waals surface area contributed by atoms with Gasteiger partial charge in [0.15, 0.2) is 6.17 Å². The van der Waals surface area contributed by atoms with Gasteiger partial charge in [-0.05, 0) is 42.0 Å². The molecule has 1 saturated heterocycles. The monoisotopic (exact) mass is 633 g/mol. The van der Waals surface area contributed by atoms with Gasteiger partial charge in [-0.1, -0.05) is 53.0 Å². The van der Waals surface area contributed by atoms with Crippen LogP contribution in [0.2, 0.25) is 15.1 Å². The molecule has 0 radical (unpaired) electrons. The highest BCUT2D eigenvalue weighted by Gasteiger charge is 2.44. The number of nitrogens with zero attached hydrogens (tertiary/aromatic N) is 3. The second kappa shape index (κ2) is 13.1. The molecule has 0 saturated carbocycles. The molecule has 3 aromatic carbocycles. The quantitative estimate of drug-likeness (QED) is 0.226. The summed E-state index contributed by atoms with van der Waals surface area (Å²) in [5, 5.41) is 26.7. The predicted octanol–water partition coefficient (Wildman–Crippen LogP) is 5.20. The van der Waals surface area contributed by atoms with Crippen LogP contribution >= 0.6 is 34.8 Å². The number of non-ortho nitro benzene ring substituents is 1. The van der Waals surface area contributed by atoms with Crippen molar-refractivity contribution >= 4 is 70.0 Å². The number of amides is 4. The van der Waals surface area contributed by atoms with Gasteiger partial charge in [0.1, 0.15) is 0 Å². The number of carboxylic acid groups (broad SMARTS) is 1. The second-order valence-electron chi connectivity index (χ2n) is 9.15. The second-order valence-corrected chi connectivity index (χ2v) is 10.4. The fourth-order valence-corrected chi connectivity index (χ4v) is 4.91. The van der Waals surface area contributed by atoms with Gasteiger partial charge in [0.05, 0.1) is 27.4 Å². The minimum Gasteiger partial charge on any atom is -0.481 e. The van der Waals surface area contributed by atoms with Crippen molar-refractivity contribution < 1.29 is 29.2 Å². The SMILES string of the molecule is O=C(O)CC(NC(=O)C1N(C(=O)Nc2cccc(Cl)c2)CCN1C(=O)c1ccc(Cl)c(Cl)c1)c1cccc([N+](=O)[O-])c1. The van der Waals surface area contributed by atoms with Crippen LogP contribution in [0.4, 0.5) is 16.2 Å². The zero-order chi connectivity index (χ0) is 30.6. The Balaban J connectivity index is 1.68. The highest BCUT2D eigenvalue weighted by Crippen LogP contribution is 2.28. The Morgan fingerprint density at radius 3 is 2.33 bits per heavy atom. The van der Waals surface area contributed by atoms with Crippen LogP contribution in [0.5, 0.6) is 0 Å². The first-order valence-corrected chi connectivity index (χ1v) is 13.4. The van der Waals surface area contributed by atoms with E-state index in [-0.39, 0.29) is 39.9 Å². The predicted molar refractivity (Wildman–Crippen MR) is 155 cm³/mol. The van der Waals surface area contributed by atoms with Crippen LogP contribution < -0.4 is 10.6 Å². The maximum absolute atomic E-state index is 13.8. The van der Waals surface area contributed by atoms with Crippen molar-refractivity contribution in [2.75, 3.05) is 18.4 Å². The average molecular weight is 635 g/mol. The molecule has 1 fully saturated rings. The molecule has 42 heavy (non-hydrogen) atoms. The van der Waals surface area contributed by atoms with Crippen LogP contribution in [0.1, 0.15) is 28.4 Å². The van der Waals surface area contributed by atoms with Gasteiger partial charge in [0.25, 0.3) is 17.5 Å². The summed E-state index contributed by atoms with van der Waals surface area (Å²) < 4.78 is 0. The third kappa shape index (κ3) is 7.08. The number of nitrogens with one attached hydrogen (secondary N) is 2. The lowest BCUT2D eigenvalue weighted by atomic mass is 10.0. The highest BCUT2D eigenvalue weighted by molar-refractivity contribution is 6.42. The molecule has 0 bridgehead atoms. The number of aliphatic carboxylic acids is 1. The maximum atomic E-state index is 13.8. The van der Waals surface area contributed by atoms with Gasteiger partial charge >= 0.3 is 12.0 Å². The molecule has 1 aliphatic rings. The van der Waals surface area contributed by atoms with Gasteiger partial charge in [-0.15, -0.1) is 0 Å². The van der Waals surface area contributed by atoms with E-state index < -0.39 is 47.4 Å². The van der Waals surface area contributed by atoms with Crippen molar-refractivity contribution in [1.29, 1.82) is 0 Å².